The van der Waals surface area contributed by atoms with Gasteiger partial charge in [0.15, 0.2) is 6.04 Å². The lowest BCUT2D eigenvalue weighted by Gasteiger charge is -2.37. The second kappa shape index (κ2) is 6.71. The number of fused-ring (bicyclic) bond motifs is 1. The lowest BCUT2D eigenvalue weighted by atomic mass is 9.92. The molecule has 0 saturated carbocycles. The van der Waals surface area contributed by atoms with E-state index >= 15 is 0 Å². The van der Waals surface area contributed by atoms with E-state index in [1.807, 2.05) is 23.1 Å². The Labute approximate surface area is 143 Å². The van der Waals surface area contributed by atoms with Crippen LogP contribution in [0.15, 0.2) is 46.9 Å². The van der Waals surface area contributed by atoms with Crippen molar-refractivity contribution in [3.63, 3.8) is 0 Å². The zero-order valence-electron chi connectivity index (χ0n) is 12.8. The van der Waals surface area contributed by atoms with Gasteiger partial charge in [0.05, 0.1) is 6.61 Å². The minimum atomic E-state index is -0.503. The van der Waals surface area contributed by atoms with Crippen LogP contribution in [-0.2, 0) is 16.0 Å². The molecule has 0 amide bonds. The van der Waals surface area contributed by atoms with E-state index in [0.717, 1.165) is 27.7 Å². The summed E-state index contributed by atoms with van der Waals surface area (Å²) >= 11 is 3.47. The van der Waals surface area contributed by atoms with E-state index in [2.05, 4.69) is 15.9 Å². The zero-order chi connectivity index (χ0) is 16.4. The second-order valence-electron chi connectivity index (χ2n) is 5.42. The molecule has 2 aromatic carbocycles. The summed E-state index contributed by atoms with van der Waals surface area (Å²) in [6.07, 6.45) is 0.821. The molecule has 0 aromatic heterocycles. The Hall–Kier alpha value is -1.88. The number of halogens is 2. The Morgan fingerprint density at radius 1 is 1.30 bits per heavy atom. The molecule has 0 fully saturated rings. The first-order valence-corrected chi connectivity index (χ1v) is 8.36. The molecule has 5 heteroatoms. The van der Waals surface area contributed by atoms with Crippen molar-refractivity contribution in [2.75, 3.05) is 18.1 Å². The number of nitrogens with zero attached hydrogens (tertiary/aromatic N) is 1. The van der Waals surface area contributed by atoms with E-state index in [9.17, 15) is 9.18 Å². The van der Waals surface area contributed by atoms with Crippen LogP contribution in [-0.4, -0.2) is 19.1 Å². The standard InChI is InChI=1S/C18H17BrFNO2/c1-2-23-18(22)17-16-8-3-13(19)11-12(16)9-10-21(17)15-6-4-14(20)5-7-15/h3-8,11,17H,2,9-10H2,1H3/t17-/m0/s1. The van der Waals surface area contributed by atoms with Gasteiger partial charge < -0.3 is 9.64 Å². The fourth-order valence-electron chi connectivity index (χ4n) is 2.98. The van der Waals surface area contributed by atoms with E-state index in [0.29, 0.717) is 13.2 Å². The van der Waals surface area contributed by atoms with Gasteiger partial charge in [-0.15, -0.1) is 0 Å². The first-order chi connectivity index (χ1) is 11.1. The average molecular weight is 378 g/mol. The van der Waals surface area contributed by atoms with Crippen LogP contribution in [0.4, 0.5) is 10.1 Å². The van der Waals surface area contributed by atoms with Gasteiger partial charge in [0.2, 0.25) is 0 Å². The Bertz CT molecular complexity index is 717. The summed E-state index contributed by atoms with van der Waals surface area (Å²) < 4.78 is 19.5. The summed E-state index contributed by atoms with van der Waals surface area (Å²) in [6.45, 7) is 2.81. The number of carbonyl (C=O) groups is 1. The van der Waals surface area contributed by atoms with Gasteiger partial charge in [-0.1, -0.05) is 22.0 Å². The van der Waals surface area contributed by atoms with Gasteiger partial charge in [0.1, 0.15) is 5.82 Å². The quantitative estimate of drug-likeness (QED) is 0.748. The summed E-state index contributed by atoms with van der Waals surface area (Å²) in [6, 6.07) is 11.6. The molecule has 2 aromatic rings. The highest BCUT2D eigenvalue weighted by Gasteiger charge is 2.34. The molecule has 23 heavy (non-hydrogen) atoms. The van der Waals surface area contributed by atoms with Gasteiger partial charge in [0, 0.05) is 16.7 Å². The van der Waals surface area contributed by atoms with Crippen LogP contribution in [0.5, 0.6) is 0 Å². The smallest absolute Gasteiger partial charge is 0.333 e. The highest BCUT2D eigenvalue weighted by atomic mass is 79.9. The van der Waals surface area contributed by atoms with Gasteiger partial charge in [0.25, 0.3) is 0 Å². The molecule has 1 heterocycles. The Morgan fingerprint density at radius 3 is 2.74 bits per heavy atom. The maximum Gasteiger partial charge on any atom is 0.333 e. The number of hydrogen-bond acceptors (Lipinski definition) is 3. The molecule has 120 valence electrons. The minimum absolute atomic E-state index is 0.278. The van der Waals surface area contributed by atoms with Crippen molar-refractivity contribution < 1.29 is 13.9 Å². The molecule has 0 aliphatic carbocycles. The molecule has 0 N–H and O–H groups in total. The Kier molecular flexibility index (Phi) is 4.66. The molecule has 0 saturated heterocycles. The number of rotatable bonds is 3. The summed E-state index contributed by atoms with van der Waals surface area (Å²) in [5.41, 5.74) is 2.90. The van der Waals surface area contributed by atoms with Gasteiger partial charge in [-0.25, -0.2) is 9.18 Å². The van der Waals surface area contributed by atoms with Gasteiger partial charge in [-0.3, -0.25) is 0 Å². The van der Waals surface area contributed by atoms with Crippen LogP contribution >= 0.6 is 15.9 Å². The van der Waals surface area contributed by atoms with Crippen LogP contribution < -0.4 is 4.90 Å². The number of benzene rings is 2. The van der Waals surface area contributed by atoms with Gasteiger partial charge in [-0.05, 0) is 60.9 Å². The molecule has 1 aliphatic heterocycles. The summed E-state index contributed by atoms with van der Waals surface area (Å²) in [7, 11) is 0. The number of anilines is 1. The third kappa shape index (κ3) is 3.24. The first kappa shape index (κ1) is 16.0. The highest BCUT2D eigenvalue weighted by Crippen LogP contribution is 2.35. The Balaban J connectivity index is 2.03. The zero-order valence-corrected chi connectivity index (χ0v) is 14.3. The largest absolute Gasteiger partial charge is 0.464 e. The summed E-state index contributed by atoms with van der Waals surface area (Å²) in [5.74, 6) is -0.567. The van der Waals surface area contributed by atoms with Crippen molar-refractivity contribution in [3.05, 3.63) is 63.9 Å². The normalized spacial score (nSPS) is 16.8. The van der Waals surface area contributed by atoms with E-state index in [-0.39, 0.29) is 11.8 Å². The molecule has 3 nitrogen and oxygen atoms in total. The van der Waals surface area contributed by atoms with Gasteiger partial charge >= 0.3 is 5.97 Å². The van der Waals surface area contributed by atoms with Crippen LogP contribution in [0.3, 0.4) is 0 Å². The fourth-order valence-corrected chi connectivity index (χ4v) is 3.39. The monoisotopic (exact) mass is 377 g/mol. The fraction of sp³-hybridized carbons (Fsp3) is 0.278. The summed E-state index contributed by atoms with van der Waals surface area (Å²) in [5, 5.41) is 0. The van der Waals surface area contributed by atoms with Crippen molar-refractivity contribution in [3.8, 4) is 0 Å². The van der Waals surface area contributed by atoms with Crippen molar-refractivity contribution in [1.82, 2.24) is 0 Å². The number of hydrogen-bond donors (Lipinski definition) is 0. The van der Waals surface area contributed by atoms with Crippen LogP contribution in [0.2, 0.25) is 0 Å². The van der Waals surface area contributed by atoms with E-state index in [4.69, 9.17) is 4.74 Å². The van der Waals surface area contributed by atoms with Crippen molar-refractivity contribution in [2.24, 2.45) is 0 Å². The third-order valence-corrected chi connectivity index (χ3v) is 4.49. The molecule has 1 aliphatic rings. The molecule has 1 atom stereocenters. The minimum Gasteiger partial charge on any atom is -0.464 e. The molecule has 3 rings (SSSR count). The number of ether oxygens (including phenoxy) is 1. The predicted octanol–water partition coefficient (Wildman–Crippen LogP) is 4.26. The van der Waals surface area contributed by atoms with E-state index in [1.165, 1.54) is 12.1 Å². The summed E-state index contributed by atoms with van der Waals surface area (Å²) in [4.78, 5) is 14.5. The van der Waals surface area contributed by atoms with Crippen molar-refractivity contribution >= 4 is 27.6 Å². The van der Waals surface area contributed by atoms with Crippen molar-refractivity contribution in [2.45, 2.75) is 19.4 Å². The SMILES string of the molecule is CCOC(=O)[C@@H]1c2ccc(Br)cc2CCN1c1ccc(F)cc1. The average Bonchev–Trinajstić information content (AvgIpc) is 2.54. The third-order valence-electron chi connectivity index (χ3n) is 4.00. The van der Waals surface area contributed by atoms with Gasteiger partial charge in [-0.2, -0.15) is 0 Å². The lowest BCUT2D eigenvalue weighted by molar-refractivity contribution is -0.145. The molecule has 0 bridgehead atoms. The molecule has 0 unspecified atom stereocenters. The van der Waals surface area contributed by atoms with Crippen LogP contribution in [0.1, 0.15) is 24.1 Å². The van der Waals surface area contributed by atoms with E-state index in [1.54, 1.807) is 19.1 Å². The predicted molar refractivity (Wildman–Crippen MR) is 91.0 cm³/mol. The second-order valence-corrected chi connectivity index (χ2v) is 6.33. The number of esters is 1. The number of carbonyl (C=O) groups excluding carboxylic acids is 1. The van der Waals surface area contributed by atoms with Crippen LogP contribution in [0, 0.1) is 5.82 Å². The first-order valence-electron chi connectivity index (χ1n) is 7.57. The maximum atomic E-state index is 13.2. The Morgan fingerprint density at radius 2 is 2.04 bits per heavy atom. The van der Waals surface area contributed by atoms with Crippen molar-refractivity contribution in [1.29, 1.82) is 0 Å². The molecule has 0 radical (unpaired) electrons. The topological polar surface area (TPSA) is 29.5 Å². The maximum absolute atomic E-state index is 13.2. The highest BCUT2D eigenvalue weighted by molar-refractivity contribution is 9.10. The molecular formula is C18H17BrFNO2. The van der Waals surface area contributed by atoms with E-state index < -0.39 is 6.04 Å². The lowest BCUT2D eigenvalue weighted by Crippen LogP contribution is -2.40. The molecule has 0 spiro atoms. The van der Waals surface area contributed by atoms with Crippen LogP contribution in [0.25, 0.3) is 0 Å². The molecular weight excluding hydrogens is 361 g/mol.